The maximum Gasteiger partial charge on any atom is 0.115 e. The van der Waals surface area contributed by atoms with Crippen molar-refractivity contribution in [2.75, 3.05) is 0 Å². The molecule has 3 aromatic rings. The van der Waals surface area contributed by atoms with E-state index in [1.807, 2.05) is 36.4 Å². The maximum absolute atomic E-state index is 9.65. The van der Waals surface area contributed by atoms with Crippen LogP contribution in [0.1, 0.15) is 48.8 Å². The minimum atomic E-state index is 0.165. The van der Waals surface area contributed by atoms with Crippen LogP contribution in [0.5, 0.6) is 17.2 Å². The van der Waals surface area contributed by atoms with E-state index < -0.39 is 0 Å². The molecule has 0 fully saturated rings. The molecule has 2 unspecified atom stereocenters. The lowest BCUT2D eigenvalue weighted by Gasteiger charge is -2.20. The normalized spacial score (nSPS) is 13.9. The Bertz CT molecular complexity index is 923. The first kappa shape index (κ1) is 19.6. The summed E-state index contributed by atoms with van der Waals surface area (Å²) in [5, 5.41) is 28.7. The second-order valence-corrected chi connectivity index (χ2v) is 7.32. The standard InChI is InChI=1S/C25H26O3/c1-17(19-3-9-23(26)10-4-19)15-22(21-7-13-25(28)14-8-21)16-18(2)20-5-11-24(27)12-6-20/h3-15,18,22,26-28H,16H2,1-2H3/b17-15+. The highest BCUT2D eigenvalue weighted by atomic mass is 16.3. The van der Waals surface area contributed by atoms with Gasteiger partial charge < -0.3 is 15.3 Å². The molecule has 3 rings (SSSR count). The molecule has 3 aromatic carbocycles. The fourth-order valence-electron chi connectivity index (χ4n) is 3.46. The molecule has 0 aliphatic rings. The van der Waals surface area contributed by atoms with E-state index in [9.17, 15) is 15.3 Å². The molecule has 3 nitrogen and oxygen atoms in total. The number of benzene rings is 3. The first-order chi connectivity index (χ1) is 13.4. The summed E-state index contributed by atoms with van der Waals surface area (Å²) in [7, 11) is 0. The van der Waals surface area contributed by atoms with Crippen LogP contribution < -0.4 is 0 Å². The fourth-order valence-corrected chi connectivity index (χ4v) is 3.46. The molecular weight excluding hydrogens is 348 g/mol. The predicted octanol–water partition coefficient (Wildman–Crippen LogP) is 6.18. The molecule has 0 spiro atoms. The number of aromatic hydroxyl groups is 3. The zero-order chi connectivity index (χ0) is 20.1. The second-order valence-electron chi connectivity index (χ2n) is 7.32. The lowest BCUT2D eigenvalue weighted by atomic mass is 9.84. The molecule has 0 aromatic heterocycles. The Morgan fingerprint density at radius 2 is 1.14 bits per heavy atom. The van der Waals surface area contributed by atoms with Crippen LogP contribution in [-0.2, 0) is 0 Å². The van der Waals surface area contributed by atoms with Gasteiger partial charge in [0, 0.05) is 5.92 Å². The third-order valence-corrected chi connectivity index (χ3v) is 5.16. The van der Waals surface area contributed by atoms with Crippen molar-refractivity contribution in [1.82, 2.24) is 0 Å². The van der Waals surface area contributed by atoms with Crippen molar-refractivity contribution in [1.29, 1.82) is 0 Å². The first-order valence-corrected chi connectivity index (χ1v) is 9.48. The molecular formula is C25H26O3. The van der Waals surface area contributed by atoms with E-state index >= 15 is 0 Å². The topological polar surface area (TPSA) is 60.7 Å². The van der Waals surface area contributed by atoms with Gasteiger partial charge in [-0.2, -0.15) is 0 Å². The highest BCUT2D eigenvalue weighted by Gasteiger charge is 2.16. The second kappa shape index (κ2) is 8.66. The zero-order valence-corrected chi connectivity index (χ0v) is 16.2. The van der Waals surface area contributed by atoms with Gasteiger partial charge in [0.1, 0.15) is 17.2 Å². The molecule has 2 atom stereocenters. The highest BCUT2D eigenvalue weighted by molar-refractivity contribution is 5.65. The molecule has 0 saturated heterocycles. The van der Waals surface area contributed by atoms with Gasteiger partial charge in [-0.05, 0) is 77.9 Å². The quantitative estimate of drug-likeness (QED) is 0.482. The summed E-state index contributed by atoms with van der Waals surface area (Å²) in [5.74, 6) is 1.25. The summed E-state index contributed by atoms with van der Waals surface area (Å²) in [6, 6.07) is 22.0. The van der Waals surface area contributed by atoms with E-state index in [0.717, 1.165) is 23.1 Å². The minimum absolute atomic E-state index is 0.165. The average Bonchev–Trinajstić information content (AvgIpc) is 2.69. The van der Waals surface area contributed by atoms with E-state index in [4.69, 9.17) is 0 Å². The number of hydrogen-bond donors (Lipinski definition) is 3. The van der Waals surface area contributed by atoms with E-state index in [0.29, 0.717) is 5.92 Å². The van der Waals surface area contributed by atoms with Crippen LogP contribution in [0.25, 0.3) is 5.57 Å². The van der Waals surface area contributed by atoms with Gasteiger partial charge in [0.15, 0.2) is 0 Å². The van der Waals surface area contributed by atoms with Crippen molar-refractivity contribution >= 4 is 5.57 Å². The lowest BCUT2D eigenvalue weighted by Crippen LogP contribution is -2.03. The summed E-state index contributed by atoms with van der Waals surface area (Å²) in [5.41, 5.74) is 4.52. The number of phenols is 3. The SMILES string of the molecule is C/C(=C\C(CC(C)c1ccc(O)cc1)c1ccc(O)cc1)c1ccc(O)cc1. The highest BCUT2D eigenvalue weighted by Crippen LogP contribution is 2.34. The van der Waals surface area contributed by atoms with Crippen molar-refractivity contribution in [3.8, 4) is 17.2 Å². The van der Waals surface area contributed by atoms with Crippen LogP contribution in [0.15, 0.2) is 78.9 Å². The summed E-state index contributed by atoms with van der Waals surface area (Å²) >= 11 is 0. The molecule has 0 saturated carbocycles. The van der Waals surface area contributed by atoms with Crippen LogP contribution in [0.2, 0.25) is 0 Å². The fraction of sp³-hybridized carbons (Fsp3) is 0.200. The van der Waals surface area contributed by atoms with Crippen molar-refractivity contribution in [2.45, 2.75) is 32.1 Å². The molecule has 28 heavy (non-hydrogen) atoms. The molecule has 0 aliphatic heterocycles. The van der Waals surface area contributed by atoms with E-state index in [1.54, 1.807) is 36.4 Å². The average molecular weight is 374 g/mol. The van der Waals surface area contributed by atoms with Gasteiger partial charge in [-0.25, -0.2) is 0 Å². The summed E-state index contributed by atoms with van der Waals surface area (Å²) in [6.45, 7) is 4.26. The Morgan fingerprint density at radius 3 is 1.64 bits per heavy atom. The predicted molar refractivity (Wildman–Crippen MR) is 114 cm³/mol. The van der Waals surface area contributed by atoms with Crippen LogP contribution in [0.3, 0.4) is 0 Å². The van der Waals surface area contributed by atoms with Gasteiger partial charge in [-0.1, -0.05) is 49.4 Å². The Hall–Kier alpha value is -3.20. The molecule has 0 aliphatic carbocycles. The van der Waals surface area contributed by atoms with Crippen molar-refractivity contribution in [3.05, 3.63) is 95.6 Å². The number of rotatable bonds is 6. The monoisotopic (exact) mass is 374 g/mol. The van der Waals surface area contributed by atoms with E-state index in [-0.39, 0.29) is 23.2 Å². The van der Waals surface area contributed by atoms with Crippen LogP contribution in [-0.4, -0.2) is 15.3 Å². The molecule has 144 valence electrons. The largest absolute Gasteiger partial charge is 0.508 e. The van der Waals surface area contributed by atoms with Crippen molar-refractivity contribution in [3.63, 3.8) is 0 Å². The van der Waals surface area contributed by atoms with Gasteiger partial charge >= 0.3 is 0 Å². The molecule has 0 heterocycles. The Morgan fingerprint density at radius 1 is 0.714 bits per heavy atom. The molecule has 0 radical (unpaired) electrons. The van der Waals surface area contributed by atoms with Gasteiger partial charge in [-0.3, -0.25) is 0 Å². The van der Waals surface area contributed by atoms with E-state index in [2.05, 4.69) is 19.9 Å². The van der Waals surface area contributed by atoms with Crippen LogP contribution >= 0.6 is 0 Å². The number of hydrogen-bond acceptors (Lipinski definition) is 3. The summed E-state index contributed by atoms with van der Waals surface area (Å²) in [6.07, 6.45) is 3.14. The zero-order valence-electron chi connectivity index (χ0n) is 16.2. The molecule has 3 heteroatoms. The summed E-state index contributed by atoms with van der Waals surface area (Å²) < 4.78 is 0. The molecule has 3 N–H and O–H groups in total. The van der Waals surface area contributed by atoms with Crippen LogP contribution in [0, 0.1) is 0 Å². The first-order valence-electron chi connectivity index (χ1n) is 9.48. The number of phenolic OH excluding ortho intramolecular Hbond substituents is 3. The molecule has 0 amide bonds. The lowest BCUT2D eigenvalue weighted by molar-refractivity contribution is 0.474. The van der Waals surface area contributed by atoms with Gasteiger partial charge in [0.2, 0.25) is 0 Å². The summed E-state index contributed by atoms with van der Waals surface area (Å²) in [4.78, 5) is 0. The number of allylic oxidation sites excluding steroid dienone is 2. The van der Waals surface area contributed by atoms with Gasteiger partial charge in [-0.15, -0.1) is 0 Å². The third-order valence-electron chi connectivity index (χ3n) is 5.16. The molecule has 0 bridgehead atoms. The Balaban J connectivity index is 1.90. The van der Waals surface area contributed by atoms with Crippen LogP contribution in [0.4, 0.5) is 0 Å². The van der Waals surface area contributed by atoms with E-state index in [1.165, 1.54) is 5.56 Å². The Labute approximate surface area is 166 Å². The minimum Gasteiger partial charge on any atom is -0.508 e. The van der Waals surface area contributed by atoms with Crippen molar-refractivity contribution < 1.29 is 15.3 Å². The maximum atomic E-state index is 9.65. The smallest absolute Gasteiger partial charge is 0.115 e. The Kier molecular flexibility index (Phi) is 6.05. The van der Waals surface area contributed by atoms with Gasteiger partial charge in [0.05, 0.1) is 0 Å². The van der Waals surface area contributed by atoms with Crippen molar-refractivity contribution in [2.24, 2.45) is 0 Å². The third kappa shape index (κ3) is 4.95. The van der Waals surface area contributed by atoms with Gasteiger partial charge in [0.25, 0.3) is 0 Å².